The molecule has 0 aliphatic carbocycles. The van der Waals surface area contributed by atoms with Gasteiger partial charge in [-0.3, -0.25) is 9.36 Å². The van der Waals surface area contributed by atoms with Crippen molar-refractivity contribution in [3.63, 3.8) is 0 Å². The number of para-hydroxylation sites is 1. The minimum Gasteiger partial charge on any atom is -0.268 e. The molecular formula is C27H21Cl2N3O3S. The van der Waals surface area contributed by atoms with Crippen LogP contribution in [0.3, 0.4) is 0 Å². The molecule has 36 heavy (non-hydrogen) atoms. The molecule has 0 spiro atoms. The molecule has 0 saturated carbocycles. The van der Waals surface area contributed by atoms with Gasteiger partial charge < -0.3 is 0 Å². The molecule has 0 radical (unpaired) electrons. The molecule has 6 nitrogen and oxygen atoms in total. The number of sulfonamides is 1. The molecule has 1 unspecified atom stereocenters. The maximum Gasteiger partial charge on any atom is 0.266 e. The number of hydrogen-bond acceptors (Lipinski definition) is 4. The van der Waals surface area contributed by atoms with Gasteiger partial charge in [-0.2, -0.15) is 4.31 Å². The first-order chi connectivity index (χ1) is 17.2. The zero-order valence-electron chi connectivity index (χ0n) is 19.4. The highest BCUT2D eigenvalue weighted by Crippen LogP contribution is 2.32. The minimum atomic E-state index is -4.08. The molecule has 9 heteroatoms. The van der Waals surface area contributed by atoms with E-state index >= 15 is 0 Å². The lowest BCUT2D eigenvalue weighted by atomic mass is 10.1. The van der Waals surface area contributed by atoms with Crippen molar-refractivity contribution in [2.45, 2.75) is 17.9 Å². The van der Waals surface area contributed by atoms with E-state index in [0.717, 1.165) is 15.1 Å². The van der Waals surface area contributed by atoms with Gasteiger partial charge in [-0.25, -0.2) is 13.4 Å². The van der Waals surface area contributed by atoms with Crippen LogP contribution in [0, 0.1) is 0 Å². The summed E-state index contributed by atoms with van der Waals surface area (Å²) in [6.45, 7) is 1.68. The summed E-state index contributed by atoms with van der Waals surface area (Å²) in [5, 5.41) is 2.70. The van der Waals surface area contributed by atoms with Crippen molar-refractivity contribution < 1.29 is 8.42 Å². The summed E-state index contributed by atoms with van der Waals surface area (Å²) in [5.74, 6) is 0.276. The Bertz CT molecular complexity index is 1800. The quantitative estimate of drug-likeness (QED) is 0.266. The molecule has 182 valence electrons. The monoisotopic (exact) mass is 537 g/mol. The van der Waals surface area contributed by atoms with Gasteiger partial charge in [0.25, 0.3) is 5.56 Å². The largest absolute Gasteiger partial charge is 0.268 e. The topological polar surface area (TPSA) is 72.3 Å². The molecule has 4 aromatic carbocycles. The molecule has 1 aromatic heterocycles. The molecule has 1 atom stereocenters. The van der Waals surface area contributed by atoms with Crippen LogP contribution in [0.2, 0.25) is 10.0 Å². The average Bonchev–Trinajstić information content (AvgIpc) is 2.88. The molecule has 0 amide bonds. The Labute approximate surface area is 218 Å². The van der Waals surface area contributed by atoms with Crippen molar-refractivity contribution in [3.8, 4) is 5.69 Å². The van der Waals surface area contributed by atoms with E-state index in [1.165, 1.54) is 29.8 Å². The Morgan fingerprint density at radius 1 is 0.889 bits per heavy atom. The van der Waals surface area contributed by atoms with Crippen LogP contribution in [0.25, 0.3) is 27.4 Å². The summed E-state index contributed by atoms with van der Waals surface area (Å²) in [4.78, 5) is 18.4. The van der Waals surface area contributed by atoms with Crippen molar-refractivity contribution >= 4 is 54.9 Å². The minimum absolute atomic E-state index is 0.0526. The van der Waals surface area contributed by atoms with E-state index < -0.39 is 16.1 Å². The van der Waals surface area contributed by atoms with E-state index in [1.54, 1.807) is 31.2 Å². The lowest BCUT2D eigenvalue weighted by Gasteiger charge is -2.27. The normalized spacial score (nSPS) is 12.9. The van der Waals surface area contributed by atoms with Gasteiger partial charge in [0.1, 0.15) is 10.7 Å². The van der Waals surface area contributed by atoms with Gasteiger partial charge in [-0.1, -0.05) is 65.7 Å². The van der Waals surface area contributed by atoms with Crippen LogP contribution in [-0.4, -0.2) is 29.3 Å². The predicted molar refractivity (Wildman–Crippen MR) is 145 cm³/mol. The Kier molecular flexibility index (Phi) is 6.34. The average molecular weight is 538 g/mol. The highest BCUT2D eigenvalue weighted by atomic mass is 35.5. The van der Waals surface area contributed by atoms with E-state index in [9.17, 15) is 13.2 Å². The fourth-order valence-electron chi connectivity index (χ4n) is 4.20. The van der Waals surface area contributed by atoms with Gasteiger partial charge in [0.05, 0.1) is 27.7 Å². The third-order valence-electron chi connectivity index (χ3n) is 6.26. The van der Waals surface area contributed by atoms with Crippen LogP contribution in [0.4, 0.5) is 0 Å². The zero-order valence-corrected chi connectivity index (χ0v) is 21.7. The molecule has 0 aliphatic heterocycles. The predicted octanol–water partition coefficient (Wildman–Crippen LogP) is 6.23. The van der Waals surface area contributed by atoms with Crippen LogP contribution in [0.5, 0.6) is 0 Å². The van der Waals surface area contributed by atoms with Crippen LogP contribution in [0.1, 0.15) is 18.8 Å². The van der Waals surface area contributed by atoms with Gasteiger partial charge in [-0.15, -0.1) is 0 Å². The van der Waals surface area contributed by atoms with Crippen molar-refractivity contribution in [1.82, 2.24) is 13.9 Å². The zero-order chi connectivity index (χ0) is 25.6. The third kappa shape index (κ3) is 4.18. The summed E-state index contributed by atoms with van der Waals surface area (Å²) < 4.78 is 29.7. The number of hydrogen-bond donors (Lipinski definition) is 0. The van der Waals surface area contributed by atoms with E-state index in [1.807, 2.05) is 42.5 Å². The molecule has 0 fully saturated rings. The molecular weight excluding hydrogens is 517 g/mol. The number of aromatic nitrogens is 2. The Morgan fingerprint density at radius 2 is 1.58 bits per heavy atom. The third-order valence-corrected chi connectivity index (χ3v) is 8.91. The van der Waals surface area contributed by atoms with E-state index in [-0.39, 0.29) is 26.3 Å². The van der Waals surface area contributed by atoms with Gasteiger partial charge >= 0.3 is 0 Å². The first-order valence-electron chi connectivity index (χ1n) is 11.1. The summed E-state index contributed by atoms with van der Waals surface area (Å²) in [6.07, 6.45) is 0. The van der Waals surface area contributed by atoms with E-state index in [0.29, 0.717) is 16.6 Å². The molecule has 0 aliphatic rings. The molecule has 0 N–H and O–H groups in total. The highest BCUT2D eigenvalue weighted by molar-refractivity contribution is 7.89. The maximum absolute atomic E-state index is 13.7. The Balaban J connectivity index is 1.73. The second-order valence-electron chi connectivity index (χ2n) is 8.43. The number of benzene rings is 4. The van der Waals surface area contributed by atoms with Crippen LogP contribution in [0.15, 0.2) is 94.6 Å². The molecule has 0 saturated heterocycles. The summed E-state index contributed by atoms with van der Waals surface area (Å²) >= 11 is 12.3. The second kappa shape index (κ2) is 9.33. The van der Waals surface area contributed by atoms with Crippen molar-refractivity contribution in [2.24, 2.45) is 0 Å². The van der Waals surface area contributed by atoms with Gasteiger partial charge in [0.2, 0.25) is 10.0 Å². The smallest absolute Gasteiger partial charge is 0.266 e. The van der Waals surface area contributed by atoms with Crippen molar-refractivity contribution in [2.75, 3.05) is 7.05 Å². The van der Waals surface area contributed by atoms with E-state index in [4.69, 9.17) is 28.2 Å². The lowest BCUT2D eigenvalue weighted by Crippen LogP contribution is -2.35. The first kappa shape index (κ1) is 24.5. The molecule has 1 heterocycles. The SMILES string of the molecule is CC(c1nc2ccccc2c(=O)n1-c1ccc2ccccc2c1)N(C)S(=O)(=O)c1cc(Cl)ccc1Cl. The van der Waals surface area contributed by atoms with Crippen molar-refractivity contribution in [1.29, 1.82) is 0 Å². The van der Waals surface area contributed by atoms with Crippen LogP contribution >= 0.6 is 23.2 Å². The lowest BCUT2D eigenvalue weighted by molar-refractivity contribution is 0.379. The van der Waals surface area contributed by atoms with Crippen LogP contribution < -0.4 is 5.56 Å². The Morgan fingerprint density at radius 3 is 2.36 bits per heavy atom. The van der Waals surface area contributed by atoms with Gasteiger partial charge in [-0.05, 0) is 60.2 Å². The molecule has 0 bridgehead atoms. The Hall–Kier alpha value is -3.23. The summed E-state index contributed by atoms with van der Waals surface area (Å²) in [6, 6.07) is 23.9. The fourth-order valence-corrected chi connectivity index (χ4v) is 6.25. The fraction of sp³-hybridized carbons (Fsp3) is 0.111. The van der Waals surface area contributed by atoms with E-state index in [2.05, 4.69) is 0 Å². The molecule has 5 aromatic rings. The number of halogens is 2. The maximum atomic E-state index is 13.7. The second-order valence-corrected chi connectivity index (χ2v) is 11.2. The summed E-state index contributed by atoms with van der Waals surface area (Å²) in [7, 11) is -2.64. The number of rotatable bonds is 5. The number of fused-ring (bicyclic) bond motifs is 2. The van der Waals surface area contributed by atoms with Gasteiger partial charge in [0.15, 0.2) is 0 Å². The standard InChI is InChI=1S/C27H21Cl2N3O3S/c1-17(31(2)36(34,35)25-16-20(28)12-14-23(25)29)26-30-24-10-6-5-9-22(24)27(33)32(26)21-13-11-18-7-3-4-8-19(18)15-21/h3-17H,1-2H3. The van der Waals surface area contributed by atoms with Gasteiger partial charge in [0, 0.05) is 12.1 Å². The highest BCUT2D eigenvalue weighted by Gasteiger charge is 2.31. The first-order valence-corrected chi connectivity index (χ1v) is 13.3. The number of nitrogens with zero attached hydrogens (tertiary/aromatic N) is 3. The molecule has 5 rings (SSSR count). The summed E-state index contributed by atoms with van der Waals surface area (Å²) in [5.41, 5.74) is 0.780. The van der Waals surface area contributed by atoms with Crippen LogP contribution in [-0.2, 0) is 10.0 Å². The van der Waals surface area contributed by atoms with Crippen molar-refractivity contribution in [3.05, 3.63) is 111 Å².